The summed E-state index contributed by atoms with van der Waals surface area (Å²) in [5.74, 6) is 0.179. The number of amides is 1. The Morgan fingerprint density at radius 2 is 1.89 bits per heavy atom. The molecule has 1 heterocycles. The Bertz CT molecular complexity index is 414. The van der Waals surface area contributed by atoms with Gasteiger partial charge in [-0.05, 0) is 18.2 Å². The monoisotopic (exact) mass is 266 g/mol. The summed E-state index contributed by atoms with van der Waals surface area (Å²) in [5.41, 5.74) is 0.919. The second-order valence-corrected chi connectivity index (χ2v) is 4.99. The third-order valence-corrected chi connectivity index (χ3v) is 3.84. The number of halogens is 1. The topological polar surface area (TPSA) is 23.6 Å². The largest absolute Gasteiger partial charge is 0.340 e. The highest BCUT2D eigenvalue weighted by Gasteiger charge is 2.20. The molecule has 2 rings (SSSR count). The van der Waals surface area contributed by atoms with Crippen LogP contribution in [0.3, 0.4) is 0 Å². The highest BCUT2D eigenvalue weighted by molar-refractivity contribution is 6.31. The zero-order valence-electron chi connectivity index (χ0n) is 10.7. The average Bonchev–Trinajstić information content (AvgIpc) is 2.41. The number of carbonyl (C=O) groups is 1. The summed E-state index contributed by atoms with van der Waals surface area (Å²) >= 11 is 6.07. The molecule has 18 heavy (non-hydrogen) atoms. The van der Waals surface area contributed by atoms with Crippen molar-refractivity contribution in [1.82, 2.24) is 9.80 Å². The molecule has 1 saturated heterocycles. The van der Waals surface area contributed by atoms with Gasteiger partial charge in [-0.1, -0.05) is 36.7 Å². The van der Waals surface area contributed by atoms with E-state index in [1.54, 1.807) is 0 Å². The van der Waals surface area contributed by atoms with Gasteiger partial charge in [0.05, 0.1) is 6.42 Å². The fourth-order valence-electron chi connectivity index (χ4n) is 2.23. The number of carbonyl (C=O) groups excluding carboxylic acids is 1. The van der Waals surface area contributed by atoms with Gasteiger partial charge in [-0.15, -0.1) is 0 Å². The molecule has 0 saturated carbocycles. The number of rotatable bonds is 3. The molecule has 0 bridgehead atoms. The van der Waals surface area contributed by atoms with Crippen molar-refractivity contribution >= 4 is 17.5 Å². The summed E-state index contributed by atoms with van der Waals surface area (Å²) in [6.07, 6.45) is 0.409. The molecule has 0 aliphatic carbocycles. The maximum atomic E-state index is 12.2. The van der Waals surface area contributed by atoms with Gasteiger partial charge in [-0.3, -0.25) is 4.79 Å². The van der Waals surface area contributed by atoms with Gasteiger partial charge in [0.25, 0.3) is 0 Å². The first-order valence-electron chi connectivity index (χ1n) is 6.44. The van der Waals surface area contributed by atoms with Crippen LogP contribution in [-0.4, -0.2) is 48.4 Å². The van der Waals surface area contributed by atoms with Crippen LogP contribution in [0.4, 0.5) is 0 Å². The van der Waals surface area contributed by atoms with Crippen LogP contribution in [0.15, 0.2) is 24.3 Å². The van der Waals surface area contributed by atoms with Crippen LogP contribution < -0.4 is 0 Å². The lowest BCUT2D eigenvalue weighted by Crippen LogP contribution is -2.48. The number of hydrogen-bond donors (Lipinski definition) is 0. The van der Waals surface area contributed by atoms with E-state index in [1.165, 1.54) is 0 Å². The lowest BCUT2D eigenvalue weighted by molar-refractivity contribution is -0.132. The summed E-state index contributed by atoms with van der Waals surface area (Å²) in [4.78, 5) is 16.5. The molecule has 1 aliphatic heterocycles. The van der Waals surface area contributed by atoms with Gasteiger partial charge in [0, 0.05) is 31.2 Å². The standard InChI is InChI=1S/C14H19ClN2O/c1-2-16-7-9-17(10-8-16)14(18)11-12-5-3-4-6-13(12)15/h3-6H,2,7-11H2,1H3. The summed E-state index contributed by atoms with van der Waals surface area (Å²) in [5, 5.41) is 0.679. The van der Waals surface area contributed by atoms with Crippen LogP contribution in [0.2, 0.25) is 5.02 Å². The van der Waals surface area contributed by atoms with Gasteiger partial charge in [-0.2, -0.15) is 0 Å². The Labute approximate surface area is 113 Å². The highest BCUT2D eigenvalue weighted by atomic mass is 35.5. The molecule has 0 aromatic heterocycles. The van der Waals surface area contributed by atoms with Crippen molar-refractivity contribution in [3.8, 4) is 0 Å². The maximum Gasteiger partial charge on any atom is 0.227 e. The second-order valence-electron chi connectivity index (χ2n) is 4.58. The van der Waals surface area contributed by atoms with Crippen molar-refractivity contribution < 1.29 is 4.79 Å². The SMILES string of the molecule is CCN1CCN(C(=O)Cc2ccccc2Cl)CC1. The Hall–Kier alpha value is -1.06. The van der Waals surface area contributed by atoms with Gasteiger partial charge in [-0.25, -0.2) is 0 Å². The molecule has 1 fully saturated rings. The van der Waals surface area contributed by atoms with Crippen molar-refractivity contribution in [2.24, 2.45) is 0 Å². The fourth-order valence-corrected chi connectivity index (χ4v) is 2.43. The molecule has 1 aromatic rings. The number of hydrogen-bond acceptors (Lipinski definition) is 2. The van der Waals surface area contributed by atoms with Crippen LogP contribution in [0.1, 0.15) is 12.5 Å². The first-order chi connectivity index (χ1) is 8.70. The third kappa shape index (κ3) is 3.24. The molecule has 0 atom stereocenters. The van der Waals surface area contributed by atoms with Crippen LogP contribution in [0, 0.1) is 0 Å². The molecular weight excluding hydrogens is 248 g/mol. The van der Waals surface area contributed by atoms with Gasteiger partial charge in [0.15, 0.2) is 0 Å². The lowest BCUT2D eigenvalue weighted by atomic mass is 10.1. The van der Waals surface area contributed by atoms with E-state index in [0.29, 0.717) is 11.4 Å². The molecule has 98 valence electrons. The Kier molecular flexibility index (Phi) is 4.61. The smallest absolute Gasteiger partial charge is 0.227 e. The maximum absolute atomic E-state index is 12.2. The van der Waals surface area contributed by atoms with Gasteiger partial charge in [0.2, 0.25) is 5.91 Å². The third-order valence-electron chi connectivity index (χ3n) is 3.47. The number of piperazine rings is 1. The zero-order chi connectivity index (χ0) is 13.0. The number of benzene rings is 1. The molecule has 1 aromatic carbocycles. The fraction of sp³-hybridized carbons (Fsp3) is 0.500. The summed E-state index contributed by atoms with van der Waals surface area (Å²) in [6, 6.07) is 7.56. The van der Waals surface area contributed by atoms with Crippen LogP contribution >= 0.6 is 11.6 Å². The summed E-state index contributed by atoms with van der Waals surface area (Å²) < 4.78 is 0. The predicted molar refractivity (Wildman–Crippen MR) is 73.9 cm³/mol. The highest BCUT2D eigenvalue weighted by Crippen LogP contribution is 2.16. The molecule has 0 unspecified atom stereocenters. The number of likely N-dealkylation sites (N-methyl/N-ethyl adjacent to an activating group) is 1. The number of nitrogens with zero attached hydrogens (tertiary/aromatic N) is 2. The van der Waals surface area contributed by atoms with Gasteiger partial charge in [0.1, 0.15) is 0 Å². The second kappa shape index (κ2) is 6.21. The Morgan fingerprint density at radius 3 is 2.50 bits per heavy atom. The van der Waals surface area contributed by atoms with E-state index in [2.05, 4.69) is 11.8 Å². The molecule has 3 nitrogen and oxygen atoms in total. The molecule has 0 radical (unpaired) electrons. The van der Waals surface area contributed by atoms with Crippen molar-refractivity contribution in [3.05, 3.63) is 34.9 Å². The minimum atomic E-state index is 0.179. The van der Waals surface area contributed by atoms with Crippen LogP contribution in [0.5, 0.6) is 0 Å². The van der Waals surface area contributed by atoms with E-state index >= 15 is 0 Å². The van der Waals surface area contributed by atoms with Crippen LogP contribution in [-0.2, 0) is 11.2 Å². The predicted octanol–water partition coefficient (Wildman–Crippen LogP) is 2.05. The first-order valence-corrected chi connectivity index (χ1v) is 6.82. The Balaban J connectivity index is 1.91. The zero-order valence-corrected chi connectivity index (χ0v) is 11.5. The molecule has 0 N–H and O–H groups in total. The van der Waals surface area contributed by atoms with Crippen molar-refractivity contribution in [2.45, 2.75) is 13.3 Å². The van der Waals surface area contributed by atoms with Crippen molar-refractivity contribution in [2.75, 3.05) is 32.7 Å². The molecule has 1 amide bonds. The minimum Gasteiger partial charge on any atom is -0.340 e. The molecule has 4 heteroatoms. The van der Waals surface area contributed by atoms with E-state index in [0.717, 1.165) is 38.3 Å². The quantitative estimate of drug-likeness (QED) is 0.836. The first kappa shape index (κ1) is 13.4. The Morgan fingerprint density at radius 1 is 1.22 bits per heavy atom. The van der Waals surface area contributed by atoms with E-state index in [9.17, 15) is 4.79 Å². The molecular formula is C14H19ClN2O. The lowest BCUT2D eigenvalue weighted by Gasteiger charge is -2.34. The van der Waals surface area contributed by atoms with Crippen molar-refractivity contribution in [1.29, 1.82) is 0 Å². The van der Waals surface area contributed by atoms with E-state index in [4.69, 9.17) is 11.6 Å². The van der Waals surface area contributed by atoms with E-state index in [-0.39, 0.29) is 5.91 Å². The summed E-state index contributed by atoms with van der Waals surface area (Å²) in [6.45, 7) is 6.83. The average molecular weight is 267 g/mol. The van der Waals surface area contributed by atoms with Crippen LogP contribution in [0.25, 0.3) is 0 Å². The van der Waals surface area contributed by atoms with Crippen molar-refractivity contribution in [3.63, 3.8) is 0 Å². The summed E-state index contributed by atoms with van der Waals surface area (Å²) in [7, 11) is 0. The van der Waals surface area contributed by atoms with Gasteiger partial charge < -0.3 is 9.80 Å². The normalized spacial score (nSPS) is 16.9. The van der Waals surface area contributed by atoms with E-state index in [1.807, 2.05) is 29.2 Å². The van der Waals surface area contributed by atoms with E-state index < -0.39 is 0 Å². The minimum absolute atomic E-state index is 0.179. The molecule has 1 aliphatic rings. The van der Waals surface area contributed by atoms with Gasteiger partial charge >= 0.3 is 0 Å². The molecule has 0 spiro atoms.